The van der Waals surface area contributed by atoms with Crippen molar-refractivity contribution in [3.8, 4) is 0 Å². The topological polar surface area (TPSA) is 58.6 Å². The van der Waals surface area contributed by atoms with Crippen molar-refractivity contribution in [2.24, 2.45) is 0 Å². The van der Waals surface area contributed by atoms with Gasteiger partial charge >= 0.3 is 6.03 Å². The average Bonchev–Trinajstić information content (AvgIpc) is 2.24. The van der Waals surface area contributed by atoms with E-state index < -0.39 is 10.8 Å². The Hall–Kier alpha value is -0.620. The molecule has 0 aromatic carbocycles. The van der Waals surface area contributed by atoms with E-state index in [1.54, 1.807) is 11.2 Å². The van der Waals surface area contributed by atoms with Crippen LogP contribution in [0.25, 0.3) is 0 Å². The van der Waals surface area contributed by atoms with Crippen LogP contribution in [0.1, 0.15) is 41.0 Å². The highest BCUT2D eigenvalue weighted by atomic mass is 32.2. The number of hydrogen-bond donors (Lipinski definition) is 1. The summed E-state index contributed by atoms with van der Waals surface area (Å²) in [5.41, 5.74) is -0.672. The first-order valence-electron chi connectivity index (χ1n) is 7.08. The molecule has 2 atom stereocenters. The van der Waals surface area contributed by atoms with Crippen LogP contribution in [0.15, 0.2) is 0 Å². The first kappa shape index (κ1) is 17.4. The average molecular weight is 304 g/mol. The molecule has 0 aromatic rings. The Labute approximate surface area is 124 Å². The van der Waals surface area contributed by atoms with Crippen molar-refractivity contribution in [3.05, 3.63) is 0 Å². The first-order valence-corrected chi connectivity index (χ1v) is 8.70. The fraction of sp³-hybridized carbons (Fsp3) is 0.929. The van der Waals surface area contributed by atoms with E-state index in [4.69, 9.17) is 4.74 Å². The van der Waals surface area contributed by atoms with E-state index in [9.17, 15) is 9.00 Å². The smallest absolute Gasteiger partial charge is 0.317 e. The summed E-state index contributed by atoms with van der Waals surface area (Å²) in [6.45, 7) is 11.6. The Bertz CT molecular complexity index is 367. The highest BCUT2D eigenvalue weighted by Gasteiger charge is 2.39. The van der Waals surface area contributed by atoms with Gasteiger partial charge in [0.05, 0.1) is 24.3 Å². The number of carbonyl (C=O) groups excluding carboxylic acids is 1. The summed E-state index contributed by atoms with van der Waals surface area (Å²) in [5, 5.41) is 3.02. The summed E-state index contributed by atoms with van der Waals surface area (Å²) in [6.07, 6.45) is 2.42. The van der Waals surface area contributed by atoms with E-state index in [0.29, 0.717) is 19.6 Å². The van der Waals surface area contributed by atoms with Gasteiger partial charge in [-0.1, -0.05) is 6.92 Å². The van der Waals surface area contributed by atoms with E-state index >= 15 is 0 Å². The van der Waals surface area contributed by atoms with Crippen molar-refractivity contribution >= 4 is 16.8 Å². The Balaban J connectivity index is 2.49. The van der Waals surface area contributed by atoms with Crippen molar-refractivity contribution in [1.82, 2.24) is 10.2 Å². The highest BCUT2D eigenvalue weighted by molar-refractivity contribution is 7.84. The number of urea groups is 1. The molecule has 1 saturated heterocycles. The van der Waals surface area contributed by atoms with Crippen molar-refractivity contribution < 1.29 is 13.7 Å². The zero-order valence-electron chi connectivity index (χ0n) is 13.5. The van der Waals surface area contributed by atoms with Gasteiger partial charge in [-0.15, -0.1) is 0 Å². The summed E-state index contributed by atoms with van der Waals surface area (Å²) in [4.78, 5) is 14.0. The molecule has 118 valence electrons. The second-order valence-corrected chi connectivity index (χ2v) is 8.61. The molecule has 0 spiro atoms. The molecule has 0 unspecified atom stereocenters. The van der Waals surface area contributed by atoms with Gasteiger partial charge in [-0.05, 0) is 34.1 Å². The van der Waals surface area contributed by atoms with Gasteiger partial charge in [0.1, 0.15) is 0 Å². The van der Waals surface area contributed by atoms with Crippen molar-refractivity contribution in [2.45, 2.75) is 57.5 Å². The first-order chi connectivity index (χ1) is 9.02. The third kappa shape index (κ3) is 5.40. The number of morpholine rings is 1. The maximum Gasteiger partial charge on any atom is 0.317 e. The van der Waals surface area contributed by atoms with Gasteiger partial charge in [0.2, 0.25) is 0 Å². The summed E-state index contributed by atoms with van der Waals surface area (Å²) in [5.74, 6) is 0. The molecular formula is C14H28N2O3S. The van der Waals surface area contributed by atoms with E-state index in [-0.39, 0.29) is 22.5 Å². The summed E-state index contributed by atoms with van der Waals surface area (Å²) in [7, 11) is -0.840. The largest absolute Gasteiger partial charge is 0.366 e. The van der Waals surface area contributed by atoms with Gasteiger partial charge in [0, 0.05) is 28.9 Å². The summed E-state index contributed by atoms with van der Waals surface area (Å²) in [6, 6.07) is -0.0662. The monoisotopic (exact) mass is 304 g/mol. The van der Waals surface area contributed by atoms with Crippen LogP contribution < -0.4 is 5.32 Å². The number of nitrogens with zero attached hydrogens (tertiary/aromatic N) is 1. The highest BCUT2D eigenvalue weighted by Crippen LogP contribution is 2.27. The molecule has 2 amide bonds. The molecule has 1 aliphatic rings. The maximum absolute atomic E-state index is 12.2. The van der Waals surface area contributed by atoms with Crippen LogP contribution in [-0.2, 0) is 15.5 Å². The van der Waals surface area contributed by atoms with Crippen molar-refractivity contribution in [2.75, 3.05) is 25.9 Å². The Morgan fingerprint density at radius 3 is 2.25 bits per heavy atom. The Morgan fingerprint density at radius 2 is 1.80 bits per heavy atom. The molecule has 20 heavy (non-hydrogen) atoms. The van der Waals surface area contributed by atoms with E-state index in [2.05, 4.69) is 5.32 Å². The lowest BCUT2D eigenvalue weighted by molar-refractivity contribution is -0.170. The fourth-order valence-electron chi connectivity index (χ4n) is 2.59. The zero-order chi connectivity index (χ0) is 15.6. The van der Waals surface area contributed by atoms with Crippen molar-refractivity contribution in [1.29, 1.82) is 0 Å². The van der Waals surface area contributed by atoms with Crippen LogP contribution in [0.3, 0.4) is 0 Å². The quantitative estimate of drug-likeness (QED) is 0.861. The van der Waals surface area contributed by atoms with Crippen LogP contribution in [0.5, 0.6) is 0 Å². The molecular weight excluding hydrogens is 276 g/mol. The van der Waals surface area contributed by atoms with Crippen LogP contribution in [-0.4, -0.2) is 57.5 Å². The number of nitrogens with one attached hydrogen (secondary N) is 1. The predicted molar refractivity (Wildman–Crippen MR) is 82.4 cm³/mol. The molecule has 0 aliphatic carbocycles. The fourth-order valence-corrected chi connectivity index (χ4v) is 3.04. The third-order valence-corrected chi connectivity index (χ3v) is 4.75. The standard InChI is InChI=1S/C14H28N2O3S/c1-11(20(6)18)7-8-15-12(17)16-9-13(2,3)19-14(4,5)10-16/h11H,7-10H2,1-6H3,(H,15,17)/t11-,20-/m0/s1. The normalized spacial score (nSPS) is 24.0. The number of carbonyl (C=O) groups is 1. The van der Waals surface area contributed by atoms with E-state index in [1.807, 2.05) is 34.6 Å². The molecule has 0 aromatic heterocycles. The molecule has 1 aliphatic heterocycles. The zero-order valence-corrected chi connectivity index (χ0v) is 14.3. The van der Waals surface area contributed by atoms with Gasteiger partial charge in [-0.25, -0.2) is 4.79 Å². The molecule has 0 radical (unpaired) electrons. The molecule has 1 N–H and O–H groups in total. The minimum absolute atomic E-state index is 0.0662. The van der Waals surface area contributed by atoms with Crippen LogP contribution >= 0.6 is 0 Å². The molecule has 5 nitrogen and oxygen atoms in total. The SMILES string of the molecule is C[C@@H](CCNC(=O)N1CC(C)(C)OC(C)(C)C1)[S@](C)=O. The molecule has 0 saturated carbocycles. The molecule has 1 fully saturated rings. The number of ether oxygens (including phenoxy) is 1. The third-order valence-electron chi connectivity index (χ3n) is 3.38. The lowest BCUT2D eigenvalue weighted by Gasteiger charge is -2.47. The molecule has 0 bridgehead atoms. The van der Waals surface area contributed by atoms with E-state index in [1.165, 1.54) is 0 Å². The van der Waals surface area contributed by atoms with Gasteiger partial charge in [-0.3, -0.25) is 4.21 Å². The number of hydrogen-bond acceptors (Lipinski definition) is 3. The number of amides is 2. The molecule has 1 heterocycles. The van der Waals surface area contributed by atoms with Crippen molar-refractivity contribution in [3.63, 3.8) is 0 Å². The van der Waals surface area contributed by atoms with Crippen LogP contribution in [0.4, 0.5) is 4.79 Å². The minimum atomic E-state index is -0.840. The maximum atomic E-state index is 12.2. The number of rotatable bonds is 4. The van der Waals surface area contributed by atoms with Gasteiger partial charge < -0.3 is 15.0 Å². The predicted octanol–water partition coefficient (Wildman–Crippen LogP) is 1.74. The summed E-state index contributed by atoms with van der Waals surface area (Å²) >= 11 is 0. The van der Waals surface area contributed by atoms with E-state index in [0.717, 1.165) is 6.42 Å². The van der Waals surface area contributed by atoms with Gasteiger partial charge in [-0.2, -0.15) is 0 Å². The van der Waals surface area contributed by atoms with Gasteiger partial charge in [0.15, 0.2) is 0 Å². The van der Waals surface area contributed by atoms with Crippen LogP contribution in [0, 0.1) is 0 Å². The lowest BCUT2D eigenvalue weighted by Crippen LogP contribution is -2.60. The van der Waals surface area contributed by atoms with Crippen LogP contribution in [0.2, 0.25) is 0 Å². The Kier molecular flexibility index (Phi) is 5.61. The minimum Gasteiger partial charge on any atom is -0.366 e. The second-order valence-electron chi connectivity index (χ2n) is 6.81. The lowest BCUT2D eigenvalue weighted by atomic mass is 9.99. The van der Waals surface area contributed by atoms with Gasteiger partial charge in [0.25, 0.3) is 0 Å². The Morgan fingerprint density at radius 1 is 1.30 bits per heavy atom. The second kappa shape index (κ2) is 6.43. The summed E-state index contributed by atoms with van der Waals surface area (Å²) < 4.78 is 17.2. The molecule has 6 heteroatoms. The molecule has 1 rings (SSSR count).